The Bertz CT molecular complexity index is 494. The number of amides is 2. The van der Waals surface area contributed by atoms with Crippen LogP contribution in [-0.4, -0.2) is 34.9 Å². The van der Waals surface area contributed by atoms with Crippen LogP contribution in [0.5, 0.6) is 0 Å². The second-order valence-corrected chi connectivity index (χ2v) is 4.72. The molecule has 0 atom stereocenters. The molecule has 1 aromatic rings. The summed E-state index contributed by atoms with van der Waals surface area (Å²) in [5, 5.41) is 13.3. The van der Waals surface area contributed by atoms with E-state index >= 15 is 0 Å². The van der Waals surface area contributed by atoms with Crippen LogP contribution in [0.25, 0.3) is 0 Å². The van der Waals surface area contributed by atoms with E-state index in [1.807, 2.05) is 0 Å². The quantitative estimate of drug-likeness (QED) is 0.731. The summed E-state index contributed by atoms with van der Waals surface area (Å²) in [7, 11) is 0. The van der Waals surface area contributed by atoms with Crippen LogP contribution < -0.4 is 10.6 Å². The van der Waals surface area contributed by atoms with Crippen molar-refractivity contribution >= 4 is 29.4 Å². The van der Waals surface area contributed by atoms with Crippen LogP contribution in [0.3, 0.4) is 0 Å². The van der Waals surface area contributed by atoms with Crippen LogP contribution >= 0.6 is 11.8 Å². The standard InChI is InChI=1S/C11H11F3N2O3S/c12-11(13,14)20-5-4-15-10(19)16-8-3-1-2-7(6-8)9(17)18/h1-3,6H,4-5H2,(H,17,18)(H2,15,16,19). The van der Waals surface area contributed by atoms with Crippen molar-refractivity contribution in [1.82, 2.24) is 5.32 Å². The molecule has 20 heavy (non-hydrogen) atoms. The fraction of sp³-hybridized carbons (Fsp3) is 0.273. The molecule has 2 amide bonds. The summed E-state index contributed by atoms with van der Waals surface area (Å²) in [6, 6.07) is 4.81. The van der Waals surface area contributed by atoms with Gasteiger partial charge >= 0.3 is 17.5 Å². The van der Waals surface area contributed by atoms with Crippen molar-refractivity contribution < 1.29 is 27.9 Å². The zero-order valence-electron chi connectivity index (χ0n) is 10.0. The zero-order chi connectivity index (χ0) is 15.2. The summed E-state index contributed by atoms with van der Waals surface area (Å²) >= 11 is -0.232. The summed E-state index contributed by atoms with van der Waals surface area (Å²) in [6.45, 7) is -0.158. The molecule has 1 rings (SSSR count). The maximum Gasteiger partial charge on any atom is 0.441 e. The number of benzene rings is 1. The first-order chi connectivity index (χ1) is 9.28. The highest BCUT2D eigenvalue weighted by Gasteiger charge is 2.27. The highest BCUT2D eigenvalue weighted by Crippen LogP contribution is 2.29. The Balaban J connectivity index is 2.39. The number of hydrogen-bond donors (Lipinski definition) is 3. The van der Waals surface area contributed by atoms with Gasteiger partial charge in [0.05, 0.1) is 5.56 Å². The number of carboxylic acid groups (broad SMARTS) is 1. The Labute approximate surface area is 116 Å². The maximum absolute atomic E-state index is 11.8. The van der Waals surface area contributed by atoms with Gasteiger partial charge in [0.1, 0.15) is 0 Å². The fourth-order valence-electron chi connectivity index (χ4n) is 1.24. The Morgan fingerprint density at radius 3 is 2.60 bits per heavy atom. The zero-order valence-corrected chi connectivity index (χ0v) is 10.8. The second-order valence-electron chi connectivity index (χ2n) is 3.56. The number of rotatable bonds is 5. The van der Waals surface area contributed by atoms with Crippen molar-refractivity contribution in [1.29, 1.82) is 0 Å². The van der Waals surface area contributed by atoms with E-state index in [-0.39, 0.29) is 35.3 Å². The number of hydrogen-bond acceptors (Lipinski definition) is 3. The number of aromatic carboxylic acids is 1. The van der Waals surface area contributed by atoms with Crippen molar-refractivity contribution in [3.05, 3.63) is 29.8 Å². The normalized spacial score (nSPS) is 10.9. The molecule has 0 aliphatic heterocycles. The predicted octanol–water partition coefficient (Wildman–Crippen LogP) is 2.76. The van der Waals surface area contributed by atoms with Gasteiger partial charge in [-0.05, 0) is 30.0 Å². The summed E-state index contributed by atoms with van der Waals surface area (Å²) in [6.07, 6.45) is 0. The lowest BCUT2D eigenvalue weighted by atomic mass is 10.2. The second kappa shape index (κ2) is 7.04. The third kappa shape index (κ3) is 6.32. The first-order valence-electron chi connectivity index (χ1n) is 5.37. The summed E-state index contributed by atoms with van der Waals surface area (Å²) in [5.41, 5.74) is -4.09. The molecule has 110 valence electrons. The van der Waals surface area contributed by atoms with Gasteiger partial charge in [0.2, 0.25) is 0 Å². The lowest BCUT2D eigenvalue weighted by Gasteiger charge is -2.09. The van der Waals surface area contributed by atoms with Gasteiger partial charge in [-0.15, -0.1) is 0 Å². The molecule has 9 heteroatoms. The minimum atomic E-state index is -4.33. The monoisotopic (exact) mass is 308 g/mol. The van der Waals surface area contributed by atoms with E-state index in [0.29, 0.717) is 0 Å². The molecule has 0 saturated carbocycles. The number of urea groups is 1. The van der Waals surface area contributed by atoms with Crippen molar-refractivity contribution in [2.45, 2.75) is 5.51 Å². The fourth-order valence-corrected chi connectivity index (χ4v) is 1.67. The van der Waals surface area contributed by atoms with E-state index in [0.717, 1.165) is 0 Å². The van der Waals surface area contributed by atoms with E-state index in [4.69, 9.17) is 5.11 Å². The van der Waals surface area contributed by atoms with E-state index in [9.17, 15) is 22.8 Å². The van der Waals surface area contributed by atoms with Crippen molar-refractivity contribution in [3.8, 4) is 0 Å². The molecule has 0 aliphatic carbocycles. The van der Waals surface area contributed by atoms with Crippen molar-refractivity contribution in [3.63, 3.8) is 0 Å². The minimum absolute atomic E-state index is 0.00423. The number of carbonyl (C=O) groups excluding carboxylic acids is 1. The molecular formula is C11H11F3N2O3S. The third-order valence-corrected chi connectivity index (χ3v) is 2.76. The largest absolute Gasteiger partial charge is 0.478 e. The van der Waals surface area contributed by atoms with Crippen LogP contribution in [-0.2, 0) is 0 Å². The Hall–Kier alpha value is -1.90. The lowest BCUT2D eigenvalue weighted by Crippen LogP contribution is -2.31. The number of thioether (sulfide) groups is 1. The van der Waals surface area contributed by atoms with E-state index in [1.165, 1.54) is 24.3 Å². The molecule has 0 bridgehead atoms. The molecule has 5 nitrogen and oxygen atoms in total. The van der Waals surface area contributed by atoms with Crippen LogP contribution in [0.15, 0.2) is 24.3 Å². The highest BCUT2D eigenvalue weighted by atomic mass is 32.2. The summed E-state index contributed by atoms with van der Waals surface area (Å²) in [4.78, 5) is 22.1. The summed E-state index contributed by atoms with van der Waals surface area (Å²) < 4.78 is 35.5. The predicted molar refractivity (Wildman–Crippen MR) is 68.9 cm³/mol. The van der Waals surface area contributed by atoms with Crippen LogP contribution in [0, 0.1) is 0 Å². The number of carbonyl (C=O) groups is 2. The summed E-state index contributed by atoms with van der Waals surface area (Å²) in [5.74, 6) is -1.44. The van der Waals surface area contributed by atoms with Crippen molar-refractivity contribution in [2.75, 3.05) is 17.6 Å². The number of alkyl halides is 3. The van der Waals surface area contributed by atoms with Crippen LogP contribution in [0.4, 0.5) is 23.7 Å². The molecule has 1 aromatic carbocycles. The molecule has 0 spiro atoms. The SMILES string of the molecule is O=C(NCCSC(F)(F)F)Nc1cccc(C(=O)O)c1. The van der Waals surface area contributed by atoms with Gasteiger partial charge < -0.3 is 15.7 Å². The Morgan fingerprint density at radius 1 is 1.30 bits per heavy atom. The third-order valence-electron chi connectivity index (χ3n) is 2.02. The Morgan fingerprint density at radius 2 is 2.00 bits per heavy atom. The molecule has 0 radical (unpaired) electrons. The number of anilines is 1. The van der Waals surface area contributed by atoms with Crippen LogP contribution in [0.1, 0.15) is 10.4 Å². The highest BCUT2D eigenvalue weighted by molar-refractivity contribution is 8.00. The smallest absolute Gasteiger partial charge is 0.441 e. The van der Waals surface area contributed by atoms with Gasteiger partial charge in [-0.2, -0.15) is 13.2 Å². The first-order valence-corrected chi connectivity index (χ1v) is 6.35. The molecule has 0 heterocycles. The molecular weight excluding hydrogens is 297 g/mol. The minimum Gasteiger partial charge on any atom is -0.478 e. The van der Waals surface area contributed by atoms with E-state index in [2.05, 4.69) is 10.6 Å². The van der Waals surface area contributed by atoms with Gasteiger partial charge in [0.15, 0.2) is 0 Å². The Kier molecular flexibility index (Phi) is 5.68. The molecule has 3 N–H and O–H groups in total. The van der Waals surface area contributed by atoms with Gasteiger partial charge in [0, 0.05) is 18.0 Å². The van der Waals surface area contributed by atoms with Gasteiger partial charge in [-0.25, -0.2) is 9.59 Å². The first kappa shape index (κ1) is 16.2. The number of nitrogens with one attached hydrogen (secondary N) is 2. The van der Waals surface area contributed by atoms with E-state index in [1.54, 1.807) is 0 Å². The number of halogens is 3. The van der Waals surface area contributed by atoms with Crippen molar-refractivity contribution in [2.24, 2.45) is 0 Å². The average molecular weight is 308 g/mol. The van der Waals surface area contributed by atoms with Crippen LogP contribution in [0.2, 0.25) is 0 Å². The topological polar surface area (TPSA) is 78.4 Å². The van der Waals surface area contributed by atoms with Gasteiger partial charge in [-0.3, -0.25) is 0 Å². The molecule has 0 unspecified atom stereocenters. The lowest BCUT2D eigenvalue weighted by molar-refractivity contribution is -0.0327. The van der Waals surface area contributed by atoms with E-state index < -0.39 is 17.5 Å². The number of carboxylic acids is 1. The molecule has 0 aromatic heterocycles. The maximum atomic E-state index is 11.8. The molecule has 0 aliphatic rings. The average Bonchev–Trinajstić information content (AvgIpc) is 2.34. The molecule has 0 fully saturated rings. The molecule has 0 saturated heterocycles. The van der Waals surface area contributed by atoms with Gasteiger partial charge in [-0.1, -0.05) is 6.07 Å². The van der Waals surface area contributed by atoms with Gasteiger partial charge in [0.25, 0.3) is 0 Å².